The Balaban J connectivity index is 2.42. The van der Waals surface area contributed by atoms with Gasteiger partial charge in [0.2, 0.25) is 10.0 Å². The second kappa shape index (κ2) is 6.06. The minimum Gasteiger partial charge on any atom is -0.212 e. The number of hydrogen-bond acceptors (Lipinski definition) is 3. The summed E-state index contributed by atoms with van der Waals surface area (Å²) in [5.74, 6) is 0.418. The average Bonchev–Trinajstić information content (AvgIpc) is 2.59. The van der Waals surface area contributed by atoms with Gasteiger partial charge in [-0.1, -0.05) is 11.6 Å². The molecule has 1 heterocycles. The minimum absolute atomic E-state index is 0.0651. The fourth-order valence-electron chi connectivity index (χ4n) is 0.945. The van der Waals surface area contributed by atoms with E-state index in [0.717, 1.165) is 4.88 Å². The van der Waals surface area contributed by atoms with Crippen molar-refractivity contribution in [3.63, 3.8) is 0 Å². The van der Waals surface area contributed by atoms with Crippen LogP contribution in [0.3, 0.4) is 0 Å². The minimum atomic E-state index is -3.20. The third-order valence-corrected chi connectivity index (χ3v) is 4.55. The van der Waals surface area contributed by atoms with E-state index in [0.29, 0.717) is 23.2 Å². The summed E-state index contributed by atoms with van der Waals surface area (Å²) in [5.41, 5.74) is 0. The van der Waals surface area contributed by atoms with Crippen molar-refractivity contribution in [1.29, 1.82) is 0 Å². The van der Waals surface area contributed by atoms with E-state index in [9.17, 15) is 8.42 Å². The first-order chi connectivity index (χ1) is 7.03. The zero-order chi connectivity index (χ0) is 11.3. The Morgan fingerprint density at radius 3 is 2.67 bits per heavy atom. The molecular weight excluding hydrogens is 277 g/mol. The Morgan fingerprint density at radius 1 is 1.40 bits per heavy atom. The first-order valence-electron chi connectivity index (χ1n) is 4.31. The van der Waals surface area contributed by atoms with Crippen LogP contribution >= 0.6 is 34.5 Å². The van der Waals surface area contributed by atoms with Gasteiger partial charge >= 0.3 is 0 Å². The van der Waals surface area contributed by atoms with E-state index in [-0.39, 0.29) is 5.75 Å². The number of thiophene rings is 1. The maximum Gasteiger partial charge on any atom is 0.211 e. The van der Waals surface area contributed by atoms with Gasteiger partial charge in [-0.3, -0.25) is 0 Å². The van der Waals surface area contributed by atoms with Gasteiger partial charge in [0.15, 0.2) is 0 Å². The summed E-state index contributed by atoms with van der Waals surface area (Å²) in [5, 5.41) is 0. The number of rotatable bonds is 6. The molecule has 0 saturated heterocycles. The van der Waals surface area contributed by atoms with Crippen LogP contribution in [0.15, 0.2) is 12.1 Å². The highest BCUT2D eigenvalue weighted by atomic mass is 35.5. The van der Waals surface area contributed by atoms with Gasteiger partial charge in [0.1, 0.15) is 0 Å². The molecule has 1 rings (SSSR count). The normalized spacial score (nSPS) is 11.9. The molecule has 15 heavy (non-hydrogen) atoms. The van der Waals surface area contributed by atoms with Gasteiger partial charge in [-0.15, -0.1) is 22.9 Å². The summed E-state index contributed by atoms with van der Waals surface area (Å²) in [6, 6.07) is 3.55. The lowest BCUT2D eigenvalue weighted by atomic mass is 10.5. The quantitative estimate of drug-likeness (QED) is 0.817. The molecular formula is C8H11Cl2NO2S2. The largest absolute Gasteiger partial charge is 0.212 e. The van der Waals surface area contributed by atoms with Crippen molar-refractivity contribution in [3.8, 4) is 0 Å². The number of hydrogen-bond donors (Lipinski definition) is 1. The fraction of sp³-hybridized carbons (Fsp3) is 0.500. The maximum atomic E-state index is 11.4. The molecule has 1 N–H and O–H groups in total. The van der Waals surface area contributed by atoms with Gasteiger partial charge in [-0.05, 0) is 18.6 Å². The smallest absolute Gasteiger partial charge is 0.211 e. The molecule has 0 bridgehead atoms. The predicted octanol–water partition coefficient (Wildman–Crippen LogP) is 2.45. The topological polar surface area (TPSA) is 46.2 Å². The summed E-state index contributed by atoms with van der Waals surface area (Å²) < 4.78 is 25.9. The molecule has 1 aromatic rings. The fourth-order valence-corrected chi connectivity index (χ4v) is 3.40. The zero-order valence-electron chi connectivity index (χ0n) is 7.87. The van der Waals surface area contributed by atoms with Gasteiger partial charge in [0.25, 0.3) is 0 Å². The van der Waals surface area contributed by atoms with Crippen LogP contribution in [-0.2, 0) is 16.6 Å². The van der Waals surface area contributed by atoms with E-state index in [1.165, 1.54) is 11.3 Å². The SMILES string of the molecule is O=S(=O)(CCCCl)NCc1ccc(Cl)s1. The molecule has 86 valence electrons. The second-order valence-corrected chi connectivity index (χ2v) is 6.99. The Hall–Kier alpha value is 0.190. The number of alkyl halides is 1. The lowest BCUT2D eigenvalue weighted by Crippen LogP contribution is -2.25. The van der Waals surface area contributed by atoms with Crippen molar-refractivity contribution < 1.29 is 8.42 Å². The van der Waals surface area contributed by atoms with Gasteiger partial charge < -0.3 is 0 Å². The van der Waals surface area contributed by atoms with E-state index in [2.05, 4.69) is 4.72 Å². The zero-order valence-corrected chi connectivity index (χ0v) is 11.0. The molecule has 0 aliphatic heterocycles. The summed E-state index contributed by atoms with van der Waals surface area (Å²) >= 11 is 12.5. The maximum absolute atomic E-state index is 11.4. The highest BCUT2D eigenvalue weighted by Crippen LogP contribution is 2.21. The van der Waals surface area contributed by atoms with Crippen LogP contribution in [0.2, 0.25) is 4.34 Å². The lowest BCUT2D eigenvalue weighted by Gasteiger charge is -2.03. The van der Waals surface area contributed by atoms with Crippen molar-refractivity contribution in [1.82, 2.24) is 4.72 Å². The van der Waals surface area contributed by atoms with Gasteiger partial charge in [-0.25, -0.2) is 13.1 Å². The standard InChI is InChI=1S/C8H11Cl2NO2S2/c9-4-1-5-15(12,13)11-6-7-2-3-8(10)14-7/h2-3,11H,1,4-6H2. The molecule has 0 fully saturated rings. The van der Waals surface area contributed by atoms with Gasteiger partial charge in [0, 0.05) is 17.3 Å². The second-order valence-electron chi connectivity index (χ2n) is 2.89. The molecule has 0 unspecified atom stereocenters. The number of sulfonamides is 1. The molecule has 3 nitrogen and oxygen atoms in total. The van der Waals surface area contributed by atoms with Crippen LogP contribution in [0.5, 0.6) is 0 Å². The van der Waals surface area contributed by atoms with Crippen LogP contribution in [0.1, 0.15) is 11.3 Å². The van der Waals surface area contributed by atoms with E-state index < -0.39 is 10.0 Å². The van der Waals surface area contributed by atoms with Crippen molar-refractivity contribution >= 4 is 44.6 Å². The van der Waals surface area contributed by atoms with Crippen LogP contribution in [0.4, 0.5) is 0 Å². The summed E-state index contributed by atoms with van der Waals surface area (Å²) in [7, 11) is -3.20. The number of halogens is 2. The molecule has 0 aliphatic carbocycles. The summed E-state index contributed by atoms with van der Waals surface area (Å²) in [4.78, 5) is 0.898. The highest BCUT2D eigenvalue weighted by molar-refractivity contribution is 7.89. The Labute approximate surface area is 103 Å². The summed E-state index contributed by atoms with van der Waals surface area (Å²) in [6.45, 7) is 0.294. The lowest BCUT2D eigenvalue weighted by molar-refractivity contribution is 0.580. The van der Waals surface area contributed by atoms with Crippen molar-refractivity contribution in [2.24, 2.45) is 0 Å². The molecule has 0 aliphatic rings. The molecule has 0 radical (unpaired) electrons. The molecule has 0 amide bonds. The Bertz CT molecular complexity index is 403. The van der Waals surface area contributed by atoms with Crippen molar-refractivity contribution in [2.75, 3.05) is 11.6 Å². The van der Waals surface area contributed by atoms with E-state index >= 15 is 0 Å². The first-order valence-corrected chi connectivity index (χ1v) is 7.69. The van der Waals surface area contributed by atoms with Crippen LogP contribution in [0, 0.1) is 0 Å². The van der Waals surface area contributed by atoms with Crippen LogP contribution in [-0.4, -0.2) is 20.1 Å². The molecule has 0 saturated carbocycles. The van der Waals surface area contributed by atoms with E-state index in [1.54, 1.807) is 12.1 Å². The Morgan fingerprint density at radius 2 is 2.13 bits per heavy atom. The van der Waals surface area contributed by atoms with E-state index in [4.69, 9.17) is 23.2 Å². The van der Waals surface area contributed by atoms with Crippen LogP contribution in [0.25, 0.3) is 0 Å². The van der Waals surface area contributed by atoms with Crippen LogP contribution < -0.4 is 4.72 Å². The van der Waals surface area contributed by atoms with Crippen molar-refractivity contribution in [3.05, 3.63) is 21.3 Å². The highest BCUT2D eigenvalue weighted by Gasteiger charge is 2.09. The monoisotopic (exact) mass is 287 g/mol. The van der Waals surface area contributed by atoms with Crippen molar-refractivity contribution in [2.45, 2.75) is 13.0 Å². The molecule has 0 spiro atoms. The Kier molecular flexibility index (Phi) is 5.35. The first kappa shape index (κ1) is 13.3. The molecule has 0 atom stereocenters. The van der Waals surface area contributed by atoms with Gasteiger partial charge in [-0.2, -0.15) is 0 Å². The van der Waals surface area contributed by atoms with Gasteiger partial charge in [0.05, 0.1) is 10.1 Å². The van der Waals surface area contributed by atoms with E-state index in [1.807, 2.05) is 0 Å². The molecule has 1 aromatic heterocycles. The third kappa shape index (κ3) is 5.17. The average molecular weight is 288 g/mol. The predicted molar refractivity (Wildman–Crippen MR) is 65.3 cm³/mol. The molecule has 7 heteroatoms. The summed E-state index contributed by atoms with van der Waals surface area (Å²) in [6.07, 6.45) is 0.460. The third-order valence-electron chi connectivity index (χ3n) is 1.64. The molecule has 0 aromatic carbocycles. The number of nitrogens with one attached hydrogen (secondary N) is 1.